The molecule has 2 N–H and O–H groups in total. The lowest BCUT2D eigenvalue weighted by Crippen LogP contribution is -2.24. The maximum atomic E-state index is 14.2. The Balaban J connectivity index is 1.42. The summed E-state index contributed by atoms with van der Waals surface area (Å²) in [6.45, 7) is 0.438. The Hall–Kier alpha value is -3.13. The number of benzene rings is 2. The van der Waals surface area contributed by atoms with E-state index in [9.17, 15) is 22.8 Å². The average molecular weight is 485 g/mol. The Kier molecular flexibility index (Phi) is 6.17. The molecule has 3 aromatic rings. The SMILES string of the molecule is O=C(NO)c1ccc(Cn2c3c(c4cc(F)ccc42)C(=O)C(CCC2CCC(F)(F)C2)CC3)cc1. The lowest BCUT2D eigenvalue weighted by molar-refractivity contribution is 0.00450. The van der Waals surface area contributed by atoms with Gasteiger partial charge in [0.05, 0.1) is 0 Å². The number of rotatable bonds is 6. The average Bonchev–Trinajstić information content (AvgIpc) is 3.35. The third-order valence-corrected chi connectivity index (χ3v) is 7.57. The second-order valence-corrected chi connectivity index (χ2v) is 9.85. The van der Waals surface area contributed by atoms with Gasteiger partial charge in [-0.2, -0.15) is 0 Å². The number of halogens is 3. The van der Waals surface area contributed by atoms with Crippen LogP contribution >= 0.6 is 0 Å². The molecular formula is C27H27F3N2O3. The largest absolute Gasteiger partial charge is 0.339 e. The van der Waals surface area contributed by atoms with Gasteiger partial charge in [0.15, 0.2) is 5.78 Å². The predicted octanol–water partition coefficient (Wildman–Crippen LogP) is 5.91. The van der Waals surface area contributed by atoms with E-state index >= 15 is 0 Å². The highest BCUT2D eigenvalue weighted by atomic mass is 19.3. The van der Waals surface area contributed by atoms with Crippen molar-refractivity contribution >= 4 is 22.6 Å². The van der Waals surface area contributed by atoms with Gasteiger partial charge in [-0.3, -0.25) is 14.8 Å². The van der Waals surface area contributed by atoms with Crippen molar-refractivity contribution < 1.29 is 28.0 Å². The minimum Gasteiger partial charge on any atom is -0.339 e. The molecule has 2 aliphatic rings. The lowest BCUT2D eigenvalue weighted by atomic mass is 9.81. The van der Waals surface area contributed by atoms with Crippen LogP contribution in [0.15, 0.2) is 42.5 Å². The number of carbonyl (C=O) groups excluding carboxylic acids is 2. The zero-order valence-corrected chi connectivity index (χ0v) is 19.2. The second-order valence-electron chi connectivity index (χ2n) is 9.85. The van der Waals surface area contributed by atoms with Gasteiger partial charge < -0.3 is 4.57 Å². The van der Waals surface area contributed by atoms with Crippen LogP contribution < -0.4 is 5.48 Å². The fourth-order valence-corrected chi connectivity index (χ4v) is 5.75. The quantitative estimate of drug-likeness (QED) is 0.338. The smallest absolute Gasteiger partial charge is 0.274 e. The number of nitrogens with one attached hydrogen (secondary N) is 1. The molecule has 2 unspecified atom stereocenters. The summed E-state index contributed by atoms with van der Waals surface area (Å²) in [4.78, 5) is 25.1. The van der Waals surface area contributed by atoms with Crippen LogP contribution in [0, 0.1) is 17.7 Å². The number of carbonyl (C=O) groups is 2. The number of hydroxylamine groups is 1. The first-order valence-corrected chi connectivity index (χ1v) is 12.0. The fourth-order valence-electron chi connectivity index (χ4n) is 5.75. The minimum atomic E-state index is -2.58. The summed E-state index contributed by atoms with van der Waals surface area (Å²) < 4.78 is 43.4. The van der Waals surface area contributed by atoms with Crippen LogP contribution in [0.3, 0.4) is 0 Å². The molecule has 2 aromatic carbocycles. The Morgan fingerprint density at radius 2 is 1.89 bits per heavy atom. The van der Waals surface area contributed by atoms with Crippen LogP contribution in [-0.4, -0.2) is 27.4 Å². The summed E-state index contributed by atoms with van der Waals surface area (Å²) in [7, 11) is 0. The van der Waals surface area contributed by atoms with E-state index in [0.29, 0.717) is 55.2 Å². The van der Waals surface area contributed by atoms with Gasteiger partial charge in [0.1, 0.15) is 5.82 Å². The van der Waals surface area contributed by atoms with Gasteiger partial charge in [0, 0.05) is 53.0 Å². The van der Waals surface area contributed by atoms with Gasteiger partial charge in [-0.25, -0.2) is 18.7 Å². The standard InChI is InChI=1S/C27H27F3N2O3/c28-20-8-10-22-21(13-20)24-23(32(22)15-17-2-5-19(6-3-17)26(34)31-35)9-7-18(25(24)33)4-1-16-11-12-27(29,30)14-16/h2-3,5-6,8,10,13,16,18,35H,1,4,7,9,11-12,14-15H2,(H,31,34). The van der Waals surface area contributed by atoms with Crippen molar-refractivity contribution in [3.63, 3.8) is 0 Å². The van der Waals surface area contributed by atoms with Crippen LogP contribution in [0.1, 0.15) is 70.5 Å². The minimum absolute atomic E-state index is 0.0275. The summed E-state index contributed by atoms with van der Waals surface area (Å²) in [5, 5.41) is 9.39. The fraction of sp³-hybridized carbons (Fsp3) is 0.407. The van der Waals surface area contributed by atoms with E-state index in [-0.39, 0.29) is 30.5 Å². The number of aromatic nitrogens is 1. The maximum absolute atomic E-state index is 14.2. The van der Waals surface area contributed by atoms with Gasteiger partial charge in [-0.1, -0.05) is 12.1 Å². The van der Waals surface area contributed by atoms with Crippen LogP contribution in [0.25, 0.3) is 10.9 Å². The molecule has 5 nitrogen and oxygen atoms in total. The lowest BCUT2D eigenvalue weighted by Gasteiger charge is -2.24. The second kappa shape index (κ2) is 9.15. The van der Waals surface area contributed by atoms with Crippen LogP contribution in [-0.2, 0) is 13.0 Å². The van der Waals surface area contributed by atoms with Gasteiger partial charge in [0.2, 0.25) is 5.92 Å². The maximum Gasteiger partial charge on any atom is 0.274 e. The van der Waals surface area contributed by atoms with Gasteiger partial charge in [-0.15, -0.1) is 0 Å². The predicted molar refractivity (Wildman–Crippen MR) is 124 cm³/mol. The Morgan fingerprint density at radius 1 is 1.11 bits per heavy atom. The van der Waals surface area contributed by atoms with Crippen LogP contribution in [0.2, 0.25) is 0 Å². The van der Waals surface area contributed by atoms with Crippen LogP contribution in [0.4, 0.5) is 13.2 Å². The molecule has 0 saturated heterocycles. The van der Waals surface area contributed by atoms with Crippen molar-refractivity contribution in [2.24, 2.45) is 11.8 Å². The molecule has 184 valence electrons. The zero-order valence-electron chi connectivity index (χ0n) is 19.2. The van der Waals surface area contributed by atoms with Crippen LogP contribution in [0.5, 0.6) is 0 Å². The normalized spacial score (nSPS) is 21.3. The number of fused-ring (bicyclic) bond motifs is 3. The first-order chi connectivity index (χ1) is 16.8. The number of ketones is 1. The summed E-state index contributed by atoms with van der Waals surface area (Å²) in [5.41, 5.74) is 4.97. The molecule has 0 spiro atoms. The molecule has 1 fully saturated rings. The Bertz CT molecular complexity index is 1280. The summed E-state index contributed by atoms with van der Waals surface area (Å²) in [6, 6.07) is 11.2. The first-order valence-electron chi connectivity index (χ1n) is 12.0. The van der Waals surface area contributed by atoms with E-state index in [2.05, 4.69) is 0 Å². The van der Waals surface area contributed by atoms with Crippen molar-refractivity contribution in [1.29, 1.82) is 0 Å². The number of Topliss-reactive ketones (excluding diaryl/α,β-unsaturated/α-hetero) is 1. The van der Waals surface area contributed by atoms with Crippen molar-refractivity contribution in [2.75, 3.05) is 0 Å². The van der Waals surface area contributed by atoms with E-state index in [1.165, 1.54) is 12.1 Å². The Labute approximate surface area is 200 Å². The molecule has 1 saturated carbocycles. The van der Waals surface area contributed by atoms with Crippen molar-refractivity contribution in [3.05, 3.63) is 70.7 Å². The van der Waals surface area contributed by atoms with E-state index in [4.69, 9.17) is 5.21 Å². The first kappa shape index (κ1) is 23.6. The molecular weight excluding hydrogens is 457 g/mol. The molecule has 0 bridgehead atoms. The van der Waals surface area contributed by atoms with Gasteiger partial charge >= 0.3 is 0 Å². The molecule has 35 heavy (non-hydrogen) atoms. The Morgan fingerprint density at radius 3 is 2.57 bits per heavy atom. The zero-order chi connectivity index (χ0) is 24.7. The summed E-state index contributed by atoms with van der Waals surface area (Å²) in [5.74, 6) is -3.92. The number of amides is 1. The van der Waals surface area contributed by atoms with Crippen molar-refractivity contribution in [2.45, 2.75) is 57.4 Å². The number of hydrogen-bond acceptors (Lipinski definition) is 3. The van der Waals surface area contributed by atoms with Gasteiger partial charge in [-0.05, 0) is 73.9 Å². The molecule has 2 atom stereocenters. The van der Waals surface area contributed by atoms with Crippen molar-refractivity contribution in [3.8, 4) is 0 Å². The third kappa shape index (κ3) is 4.59. The van der Waals surface area contributed by atoms with E-state index in [0.717, 1.165) is 16.8 Å². The molecule has 1 heterocycles. The van der Waals surface area contributed by atoms with E-state index < -0.39 is 17.6 Å². The number of nitrogens with zero attached hydrogens (tertiary/aromatic N) is 1. The number of hydrogen-bond donors (Lipinski definition) is 2. The molecule has 2 aliphatic carbocycles. The summed E-state index contributed by atoms with van der Waals surface area (Å²) in [6.07, 6.45) is 2.82. The number of alkyl halides is 2. The monoisotopic (exact) mass is 484 g/mol. The van der Waals surface area contributed by atoms with Gasteiger partial charge in [0.25, 0.3) is 5.91 Å². The van der Waals surface area contributed by atoms with E-state index in [1.54, 1.807) is 35.8 Å². The summed E-state index contributed by atoms with van der Waals surface area (Å²) >= 11 is 0. The molecule has 8 heteroatoms. The topological polar surface area (TPSA) is 71.3 Å². The van der Waals surface area contributed by atoms with E-state index in [1.807, 2.05) is 4.57 Å². The highest BCUT2D eigenvalue weighted by Crippen LogP contribution is 2.43. The van der Waals surface area contributed by atoms with Crippen molar-refractivity contribution in [1.82, 2.24) is 10.0 Å². The highest BCUT2D eigenvalue weighted by molar-refractivity contribution is 6.11. The molecule has 1 amide bonds. The molecule has 5 rings (SSSR count). The molecule has 1 aromatic heterocycles. The molecule has 0 aliphatic heterocycles. The third-order valence-electron chi connectivity index (χ3n) is 7.57. The molecule has 0 radical (unpaired) electrons. The highest BCUT2D eigenvalue weighted by Gasteiger charge is 2.40.